The molecule has 0 saturated heterocycles. The van der Waals surface area contributed by atoms with Crippen LogP contribution in [0.4, 0.5) is 0 Å². The van der Waals surface area contributed by atoms with Gasteiger partial charge in [0, 0.05) is 6.26 Å². The van der Waals surface area contributed by atoms with Crippen LogP contribution in [0, 0.1) is 0 Å². The second kappa shape index (κ2) is 4.30. The van der Waals surface area contributed by atoms with E-state index in [-0.39, 0.29) is 17.9 Å². The summed E-state index contributed by atoms with van der Waals surface area (Å²) in [5, 5.41) is 12.1. The predicted molar refractivity (Wildman–Crippen MR) is 50.3 cm³/mol. The third-order valence-electron chi connectivity index (χ3n) is 1.48. The Labute approximate surface area is 86.1 Å². The first-order valence-corrected chi connectivity index (χ1v) is 6.03. The third kappa shape index (κ3) is 3.98. The first-order chi connectivity index (χ1) is 6.88. The number of carboxylic acid groups (broad SMARTS) is 1. The summed E-state index contributed by atoms with van der Waals surface area (Å²) in [6.07, 6.45) is 3.36. The van der Waals surface area contributed by atoms with E-state index in [1.807, 2.05) is 0 Å². The summed E-state index contributed by atoms with van der Waals surface area (Å²) in [6.45, 7) is -0.0699. The molecule has 0 amide bonds. The topological polar surface area (TPSA) is 98.5 Å². The molecule has 0 radical (unpaired) electrons. The van der Waals surface area contributed by atoms with Crippen LogP contribution in [0.5, 0.6) is 0 Å². The van der Waals surface area contributed by atoms with Crippen molar-refractivity contribution in [3.05, 3.63) is 18.0 Å². The van der Waals surface area contributed by atoms with E-state index in [1.165, 1.54) is 0 Å². The van der Waals surface area contributed by atoms with Gasteiger partial charge in [-0.15, -0.1) is 9.94 Å². The average molecular weight is 234 g/mol. The SMILES string of the molecule is CS(=O)(=O)CCOn1cc(C(=O)O)cn1. The molecule has 15 heavy (non-hydrogen) atoms. The molecule has 84 valence electrons. The molecule has 1 heterocycles. The molecule has 1 aromatic rings. The summed E-state index contributed by atoms with van der Waals surface area (Å²) in [5.74, 6) is -1.26. The van der Waals surface area contributed by atoms with Gasteiger partial charge in [-0.3, -0.25) is 0 Å². The number of carbonyl (C=O) groups is 1. The van der Waals surface area contributed by atoms with Crippen LogP contribution in [0.2, 0.25) is 0 Å². The molecule has 1 N–H and O–H groups in total. The number of hydrogen-bond donors (Lipinski definition) is 1. The molecule has 8 heteroatoms. The second-order valence-corrected chi connectivity index (χ2v) is 5.16. The minimum absolute atomic E-state index is 0.0191. The maximum Gasteiger partial charge on any atom is 0.339 e. The Morgan fingerprint density at radius 2 is 2.33 bits per heavy atom. The van der Waals surface area contributed by atoms with Crippen LogP contribution >= 0.6 is 0 Å². The van der Waals surface area contributed by atoms with Gasteiger partial charge in [0.25, 0.3) is 0 Å². The number of aromatic nitrogens is 2. The maximum absolute atomic E-state index is 10.7. The Morgan fingerprint density at radius 3 is 2.80 bits per heavy atom. The van der Waals surface area contributed by atoms with Crippen molar-refractivity contribution in [3.8, 4) is 0 Å². The maximum atomic E-state index is 10.7. The Bertz CT molecular complexity index is 450. The normalized spacial score (nSPS) is 11.3. The fraction of sp³-hybridized carbons (Fsp3) is 0.429. The fourth-order valence-electron chi connectivity index (χ4n) is 0.768. The zero-order valence-corrected chi connectivity index (χ0v) is 8.77. The van der Waals surface area contributed by atoms with E-state index in [2.05, 4.69) is 5.10 Å². The molecule has 0 unspecified atom stereocenters. The Morgan fingerprint density at radius 1 is 1.67 bits per heavy atom. The summed E-state index contributed by atoms with van der Waals surface area (Å²) in [5.41, 5.74) is -0.0191. The number of carboxylic acids is 1. The molecule has 1 aromatic heterocycles. The van der Waals surface area contributed by atoms with Crippen molar-refractivity contribution in [1.29, 1.82) is 0 Å². The minimum Gasteiger partial charge on any atom is -0.478 e. The lowest BCUT2D eigenvalue weighted by atomic mass is 10.4. The van der Waals surface area contributed by atoms with E-state index in [1.54, 1.807) is 0 Å². The molecule has 0 fully saturated rings. The molecule has 0 spiro atoms. The molecule has 0 aliphatic heterocycles. The predicted octanol–water partition coefficient (Wildman–Crippen LogP) is -0.945. The number of nitrogens with zero attached hydrogens (tertiary/aromatic N) is 2. The number of rotatable bonds is 5. The quantitative estimate of drug-likeness (QED) is 0.705. The van der Waals surface area contributed by atoms with Crippen molar-refractivity contribution in [1.82, 2.24) is 9.94 Å². The van der Waals surface area contributed by atoms with E-state index >= 15 is 0 Å². The zero-order chi connectivity index (χ0) is 11.5. The van der Waals surface area contributed by atoms with Gasteiger partial charge in [0.1, 0.15) is 12.2 Å². The smallest absolute Gasteiger partial charge is 0.339 e. The van der Waals surface area contributed by atoms with E-state index < -0.39 is 15.8 Å². The van der Waals surface area contributed by atoms with Crippen molar-refractivity contribution in [3.63, 3.8) is 0 Å². The monoisotopic (exact) mass is 234 g/mol. The van der Waals surface area contributed by atoms with E-state index in [4.69, 9.17) is 9.94 Å². The standard InChI is InChI=1S/C7H10N2O5S/c1-15(12,13)3-2-14-9-5-6(4-8-9)7(10)11/h4-5H,2-3H2,1H3,(H,10,11). The summed E-state index contributed by atoms with van der Waals surface area (Å²) in [4.78, 5) is 16.2. The van der Waals surface area contributed by atoms with Crippen LogP contribution in [0.1, 0.15) is 10.4 Å². The summed E-state index contributed by atoms with van der Waals surface area (Å²) in [7, 11) is -3.09. The lowest BCUT2D eigenvalue weighted by Gasteiger charge is -2.02. The Hall–Kier alpha value is -1.57. The lowest BCUT2D eigenvalue weighted by Crippen LogP contribution is -2.19. The summed E-state index contributed by atoms with van der Waals surface area (Å²) in [6, 6.07) is 0. The van der Waals surface area contributed by atoms with Crippen molar-refractivity contribution in [2.75, 3.05) is 18.6 Å². The first kappa shape index (κ1) is 11.5. The highest BCUT2D eigenvalue weighted by Crippen LogP contribution is 1.95. The van der Waals surface area contributed by atoms with Gasteiger partial charge in [0.2, 0.25) is 0 Å². The summed E-state index contributed by atoms with van der Waals surface area (Å²) >= 11 is 0. The molecule has 0 aliphatic carbocycles. The minimum atomic E-state index is -3.09. The van der Waals surface area contributed by atoms with E-state index in [0.29, 0.717) is 0 Å². The molecule has 1 rings (SSSR count). The van der Waals surface area contributed by atoms with Crippen LogP contribution in [-0.2, 0) is 9.84 Å². The Balaban J connectivity index is 2.48. The lowest BCUT2D eigenvalue weighted by molar-refractivity contribution is 0.0690. The van der Waals surface area contributed by atoms with Crippen LogP contribution in [0.3, 0.4) is 0 Å². The average Bonchev–Trinajstić information content (AvgIpc) is 2.50. The molecule has 0 aliphatic rings. The van der Waals surface area contributed by atoms with Gasteiger partial charge in [-0.2, -0.15) is 0 Å². The van der Waals surface area contributed by atoms with Crippen LogP contribution < -0.4 is 4.84 Å². The van der Waals surface area contributed by atoms with E-state index in [9.17, 15) is 13.2 Å². The highest BCUT2D eigenvalue weighted by molar-refractivity contribution is 7.90. The van der Waals surface area contributed by atoms with Gasteiger partial charge >= 0.3 is 5.97 Å². The largest absolute Gasteiger partial charge is 0.478 e. The molecule has 0 saturated carbocycles. The first-order valence-electron chi connectivity index (χ1n) is 3.97. The highest BCUT2D eigenvalue weighted by atomic mass is 32.2. The molecular weight excluding hydrogens is 224 g/mol. The van der Waals surface area contributed by atoms with Crippen molar-refractivity contribution < 1.29 is 23.2 Å². The number of aromatic carboxylic acids is 1. The molecular formula is C7H10N2O5S. The van der Waals surface area contributed by atoms with E-state index in [0.717, 1.165) is 23.5 Å². The van der Waals surface area contributed by atoms with Crippen LogP contribution in [0.15, 0.2) is 12.4 Å². The Kier molecular flexibility index (Phi) is 3.30. The molecule has 0 aromatic carbocycles. The van der Waals surface area contributed by atoms with Gasteiger partial charge < -0.3 is 9.94 Å². The highest BCUT2D eigenvalue weighted by Gasteiger charge is 2.07. The van der Waals surface area contributed by atoms with Crippen molar-refractivity contribution >= 4 is 15.8 Å². The number of sulfone groups is 1. The van der Waals surface area contributed by atoms with Crippen LogP contribution in [0.25, 0.3) is 0 Å². The molecule has 7 nitrogen and oxygen atoms in total. The second-order valence-electron chi connectivity index (χ2n) is 2.90. The molecule has 0 atom stereocenters. The fourth-order valence-corrected chi connectivity index (χ4v) is 1.15. The van der Waals surface area contributed by atoms with Crippen molar-refractivity contribution in [2.45, 2.75) is 0 Å². The van der Waals surface area contributed by atoms with Gasteiger partial charge in [-0.05, 0) is 0 Å². The van der Waals surface area contributed by atoms with Gasteiger partial charge in [-0.25, -0.2) is 13.2 Å². The van der Waals surface area contributed by atoms with Crippen LogP contribution in [-0.4, -0.2) is 48.1 Å². The van der Waals surface area contributed by atoms with Gasteiger partial charge in [0.05, 0.1) is 18.1 Å². The number of hydrogen-bond acceptors (Lipinski definition) is 5. The summed E-state index contributed by atoms with van der Waals surface area (Å²) < 4.78 is 21.5. The van der Waals surface area contributed by atoms with Gasteiger partial charge in [0.15, 0.2) is 9.84 Å². The van der Waals surface area contributed by atoms with Gasteiger partial charge in [-0.1, -0.05) is 0 Å². The van der Waals surface area contributed by atoms with Crippen molar-refractivity contribution in [2.24, 2.45) is 0 Å². The molecule has 0 bridgehead atoms. The zero-order valence-electron chi connectivity index (χ0n) is 7.95. The third-order valence-corrected chi connectivity index (χ3v) is 2.39.